The van der Waals surface area contributed by atoms with Crippen LogP contribution in [0, 0.1) is 0 Å². The van der Waals surface area contributed by atoms with Gasteiger partial charge in [-0.1, -0.05) is 0 Å². The average Bonchev–Trinajstić information content (AvgIpc) is 2.69. The van der Waals surface area contributed by atoms with Crippen LogP contribution in [0.25, 0.3) is 0 Å². The second-order valence-corrected chi connectivity index (χ2v) is 7.47. The summed E-state index contributed by atoms with van der Waals surface area (Å²) >= 11 is 0. The van der Waals surface area contributed by atoms with Crippen molar-refractivity contribution in [3.05, 3.63) is 0 Å². The number of hydrogen-bond donors (Lipinski definition) is 2. The lowest BCUT2D eigenvalue weighted by atomic mass is 10.2. The fraction of sp³-hybridized carbons (Fsp3) is 0.810. The number of esters is 2. The second-order valence-electron chi connectivity index (χ2n) is 7.47. The van der Waals surface area contributed by atoms with Gasteiger partial charge in [0.25, 0.3) is 0 Å². The highest BCUT2D eigenvalue weighted by Crippen LogP contribution is 2.06. The van der Waals surface area contributed by atoms with Gasteiger partial charge in [-0.05, 0) is 46.5 Å². The van der Waals surface area contributed by atoms with E-state index < -0.39 is 18.0 Å². The molecule has 0 aromatic carbocycles. The van der Waals surface area contributed by atoms with Crippen LogP contribution >= 0.6 is 0 Å². The molecule has 0 heterocycles. The SMILES string of the molecule is CC(COC(=O)CCCCC(=O)O)OCC(C)OCC(C)OC(=O)CCCCC(=O)O. The van der Waals surface area contributed by atoms with Crippen LogP contribution in [0.3, 0.4) is 0 Å². The fourth-order valence-corrected chi connectivity index (χ4v) is 2.39. The van der Waals surface area contributed by atoms with Gasteiger partial charge in [-0.15, -0.1) is 0 Å². The molecule has 10 heteroatoms. The van der Waals surface area contributed by atoms with Crippen LogP contribution in [0.1, 0.15) is 72.1 Å². The Labute approximate surface area is 183 Å². The largest absolute Gasteiger partial charge is 0.481 e. The molecule has 0 aliphatic heterocycles. The number of carbonyl (C=O) groups excluding carboxylic acids is 2. The molecular formula is C21H36O10. The Bertz CT molecular complexity index is 548. The zero-order valence-electron chi connectivity index (χ0n) is 18.7. The summed E-state index contributed by atoms with van der Waals surface area (Å²) in [7, 11) is 0. The van der Waals surface area contributed by atoms with Crippen molar-refractivity contribution in [2.75, 3.05) is 19.8 Å². The molecule has 0 aliphatic carbocycles. The van der Waals surface area contributed by atoms with Crippen molar-refractivity contribution in [1.29, 1.82) is 0 Å². The summed E-state index contributed by atoms with van der Waals surface area (Å²) in [5.74, 6) is -2.54. The molecule has 3 unspecified atom stereocenters. The third-order valence-electron chi connectivity index (χ3n) is 4.09. The van der Waals surface area contributed by atoms with Crippen molar-refractivity contribution in [2.24, 2.45) is 0 Å². The Balaban J connectivity index is 3.78. The van der Waals surface area contributed by atoms with Crippen molar-refractivity contribution in [3.63, 3.8) is 0 Å². The molecule has 0 radical (unpaired) electrons. The quantitative estimate of drug-likeness (QED) is 0.223. The number of rotatable bonds is 19. The van der Waals surface area contributed by atoms with Crippen LogP contribution in [-0.4, -0.2) is 72.2 Å². The lowest BCUT2D eigenvalue weighted by molar-refractivity contribution is -0.154. The number of carboxylic acid groups (broad SMARTS) is 2. The topological polar surface area (TPSA) is 146 Å². The van der Waals surface area contributed by atoms with Gasteiger partial charge in [0.15, 0.2) is 0 Å². The number of ether oxygens (including phenoxy) is 4. The van der Waals surface area contributed by atoms with Crippen LogP contribution < -0.4 is 0 Å². The lowest BCUT2D eigenvalue weighted by Crippen LogP contribution is -2.28. The standard InChI is InChI=1S/C21H36O10/c1-15(29-14-17(3)31-21(27)11-7-5-9-19(24)25)12-28-16(2)13-30-20(26)10-6-4-8-18(22)23/h15-17H,4-14H2,1-3H3,(H,22,23)(H,24,25). The van der Waals surface area contributed by atoms with Crippen LogP contribution in [0.2, 0.25) is 0 Å². The van der Waals surface area contributed by atoms with Gasteiger partial charge in [-0.25, -0.2) is 0 Å². The van der Waals surface area contributed by atoms with Crippen LogP contribution in [-0.2, 0) is 38.1 Å². The Kier molecular flexibility index (Phi) is 16.2. The van der Waals surface area contributed by atoms with E-state index in [0.717, 1.165) is 0 Å². The van der Waals surface area contributed by atoms with Gasteiger partial charge >= 0.3 is 23.9 Å². The molecule has 0 aromatic heterocycles. The van der Waals surface area contributed by atoms with Gasteiger partial charge in [0.1, 0.15) is 12.7 Å². The van der Waals surface area contributed by atoms with Crippen LogP contribution in [0.5, 0.6) is 0 Å². The van der Waals surface area contributed by atoms with Crippen LogP contribution in [0.4, 0.5) is 0 Å². The first-order chi connectivity index (χ1) is 14.6. The van der Waals surface area contributed by atoms with E-state index in [1.807, 2.05) is 6.92 Å². The van der Waals surface area contributed by atoms with Gasteiger partial charge < -0.3 is 29.2 Å². The first kappa shape index (κ1) is 28.8. The lowest BCUT2D eigenvalue weighted by Gasteiger charge is -2.20. The monoisotopic (exact) mass is 448 g/mol. The van der Waals surface area contributed by atoms with E-state index in [9.17, 15) is 19.2 Å². The number of carbonyl (C=O) groups is 4. The molecule has 0 spiro atoms. The average molecular weight is 449 g/mol. The van der Waals surface area contributed by atoms with Crippen molar-refractivity contribution in [2.45, 2.75) is 90.4 Å². The predicted octanol–water partition coefficient (Wildman–Crippen LogP) is 2.56. The molecular weight excluding hydrogens is 412 g/mol. The highest BCUT2D eigenvalue weighted by Gasteiger charge is 2.14. The van der Waals surface area contributed by atoms with Gasteiger partial charge in [0.2, 0.25) is 0 Å². The minimum absolute atomic E-state index is 0.0356. The molecule has 180 valence electrons. The highest BCUT2D eigenvalue weighted by atomic mass is 16.6. The zero-order valence-corrected chi connectivity index (χ0v) is 18.7. The first-order valence-electron chi connectivity index (χ1n) is 10.6. The van der Waals surface area contributed by atoms with E-state index in [2.05, 4.69) is 0 Å². The molecule has 0 rings (SSSR count). The Morgan fingerprint density at radius 3 is 1.55 bits per heavy atom. The smallest absolute Gasteiger partial charge is 0.306 e. The molecule has 0 amide bonds. The molecule has 0 saturated carbocycles. The fourth-order valence-electron chi connectivity index (χ4n) is 2.39. The summed E-state index contributed by atoms with van der Waals surface area (Å²) in [6.45, 7) is 5.85. The highest BCUT2D eigenvalue weighted by molar-refractivity contribution is 5.70. The summed E-state index contributed by atoms with van der Waals surface area (Å²) in [6.07, 6.45) is 1.20. The van der Waals surface area contributed by atoms with Gasteiger partial charge in [0, 0.05) is 25.7 Å². The first-order valence-corrected chi connectivity index (χ1v) is 10.6. The van der Waals surface area contributed by atoms with E-state index in [0.29, 0.717) is 25.7 Å². The summed E-state index contributed by atoms with van der Waals surface area (Å²) in [6, 6.07) is 0. The normalized spacial score (nSPS) is 13.8. The van der Waals surface area contributed by atoms with E-state index in [4.69, 9.17) is 29.2 Å². The number of unbranched alkanes of at least 4 members (excludes halogenated alkanes) is 2. The molecule has 0 aliphatic rings. The van der Waals surface area contributed by atoms with Gasteiger partial charge in [-0.3, -0.25) is 19.2 Å². The van der Waals surface area contributed by atoms with E-state index in [1.165, 1.54) is 0 Å². The molecule has 0 saturated heterocycles. The molecule has 0 fully saturated rings. The number of aliphatic carboxylic acids is 2. The van der Waals surface area contributed by atoms with Gasteiger partial charge in [-0.2, -0.15) is 0 Å². The van der Waals surface area contributed by atoms with E-state index in [-0.39, 0.29) is 69.7 Å². The summed E-state index contributed by atoms with van der Waals surface area (Å²) < 4.78 is 21.5. The molecule has 0 bridgehead atoms. The number of hydrogen-bond acceptors (Lipinski definition) is 8. The molecule has 3 atom stereocenters. The number of carboxylic acids is 2. The van der Waals surface area contributed by atoms with E-state index in [1.54, 1.807) is 13.8 Å². The summed E-state index contributed by atoms with van der Waals surface area (Å²) in [5, 5.41) is 17.1. The molecule has 31 heavy (non-hydrogen) atoms. The Morgan fingerprint density at radius 2 is 1.03 bits per heavy atom. The van der Waals surface area contributed by atoms with Crippen LogP contribution in [0.15, 0.2) is 0 Å². The summed E-state index contributed by atoms with van der Waals surface area (Å²) in [5.41, 5.74) is 0. The maximum absolute atomic E-state index is 11.7. The van der Waals surface area contributed by atoms with Gasteiger partial charge in [0.05, 0.1) is 25.4 Å². The maximum atomic E-state index is 11.7. The Hall–Kier alpha value is -2.20. The van der Waals surface area contributed by atoms with Crippen molar-refractivity contribution in [3.8, 4) is 0 Å². The Morgan fingerprint density at radius 1 is 0.613 bits per heavy atom. The predicted molar refractivity (Wildman–Crippen MR) is 110 cm³/mol. The zero-order chi connectivity index (χ0) is 23.6. The molecule has 10 nitrogen and oxygen atoms in total. The third-order valence-corrected chi connectivity index (χ3v) is 4.09. The molecule has 0 aromatic rings. The summed E-state index contributed by atoms with van der Waals surface area (Å²) in [4.78, 5) is 44.1. The minimum atomic E-state index is -0.883. The second kappa shape index (κ2) is 17.5. The third kappa shape index (κ3) is 19.5. The van der Waals surface area contributed by atoms with Crippen molar-refractivity contribution < 1.29 is 48.3 Å². The van der Waals surface area contributed by atoms with Crippen molar-refractivity contribution in [1.82, 2.24) is 0 Å². The molecule has 2 N–H and O–H groups in total. The van der Waals surface area contributed by atoms with Crippen molar-refractivity contribution >= 4 is 23.9 Å². The van der Waals surface area contributed by atoms with E-state index >= 15 is 0 Å². The maximum Gasteiger partial charge on any atom is 0.306 e. The minimum Gasteiger partial charge on any atom is -0.481 e.